The van der Waals surface area contributed by atoms with E-state index in [1.54, 1.807) is 10.9 Å². The quantitative estimate of drug-likeness (QED) is 0.867. The monoisotopic (exact) mass is 277 g/mol. The van der Waals surface area contributed by atoms with Crippen LogP contribution in [0.5, 0.6) is 0 Å². The van der Waals surface area contributed by atoms with Gasteiger partial charge in [-0.15, -0.1) is 0 Å². The normalized spacial score (nSPS) is 30.1. The van der Waals surface area contributed by atoms with E-state index in [1.165, 1.54) is 38.5 Å². The summed E-state index contributed by atoms with van der Waals surface area (Å²) >= 11 is 0. The fourth-order valence-electron chi connectivity index (χ4n) is 3.55. The molecule has 0 spiro atoms. The average molecular weight is 277 g/mol. The highest BCUT2D eigenvalue weighted by Crippen LogP contribution is 2.43. The fourth-order valence-corrected chi connectivity index (χ4v) is 3.55. The molecule has 1 aromatic heterocycles. The summed E-state index contributed by atoms with van der Waals surface area (Å²) in [4.78, 5) is 0. The van der Waals surface area contributed by atoms with Crippen molar-refractivity contribution >= 4 is 0 Å². The second-order valence-electron chi connectivity index (χ2n) is 7.02. The Hall–Kier alpha value is -0.870. The van der Waals surface area contributed by atoms with Gasteiger partial charge >= 0.3 is 0 Å². The van der Waals surface area contributed by atoms with Gasteiger partial charge in [0.2, 0.25) is 0 Å². The molecule has 4 nitrogen and oxygen atoms in total. The lowest BCUT2D eigenvalue weighted by Gasteiger charge is -2.32. The number of nitrogens with one attached hydrogen (secondary N) is 1. The third-order valence-corrected chi connectivity index (χ3v) is 5.07. The van der Waals surface area contributed by atoms with Crippen LogP contribution in [0.1, 0.15) is 51.0 Å². The van der Waals surface area contributed by atoms with Crippen molar-refractivity contribution in [1.82, 2.24) is 15.1 Å². The third-order valence-electron chi connectivity index (χ3n) is 5.07. The number of hydrogen-bond acceptors (Lipinski definition) is 3. The summed E-state index contributed by atoms with van der Waals surface area (Å²) in [7, 11) is 1.88. The van der Waals surface area contributed by atoms with E-state index in [0.717, 1.165) is 17.4 Å². The molecule has 2 saturated carbocycles. The van der Waals surface area contributed by atoms with Gasteiger partial charge in [-0.2, -0.15) is 5.10 Å². The fraction of sp³-hybridized carbons (Fsp3) is 0.812. The molecule has 3 rings (SSSR count). The van der Waals surface area contributed by atoms with Gasteiger partial charge in [-0.25, -0.2) is 0 Å². The summed E-state index contributed by atoms with van der Waals surface area (Å²) < 4.78 is 1.74. The van der Waals surface area contributed by atoms with Gasteiger partial charge in [0, 0.05) is 31.4 Å². The summed E-state index contributed by atoms with van der Waals surface area (Å²) in [6, 6.07) is 0.581. The molecule has 2 N–H and O–H groups in total. The predicted octanol–water partition coefficient (Wildman–Crippen LogP) is 2.19. The van der Waals surface area contributed by atoms with Crippen LogP contribution in [-0.4, -0.2) is 27.5 Å². The SMILES string of the molecule is Cn1cc(C(C)(O)CNC2CCCC(C3CC3)C2)cn1. The van der Waals surface area contributed by atoms with Gasteiger partial charge in [-0.1, -0.05) is 12.8 Å². The number of aryl methyl sites for hydroxylation is 1. The molecule has 0 aromatic carbocycles. The highest BCUT2D eigenvalue weighted by molar-refractivity contribution is 5.14. The van der Waals surface area contributed by atoms with Crippen LogP contribution in [0.3, 0.4) is 0 Å². The van der Waals surface area contributed by atoms with Crippen LogP contribution in [0.15, 0.2) is 12.4 Å². The smallest absolute Gasteiger partial charge is 0.102 e. The molecule has 3 atom stereocenters. The Morgan fingerprint density at radius 1 is 1.35 bits per heavy atom. The van der Waals surface area contributed by atoms with E-state index < -0.39 is 5.60 Å². The topological polar surface area (TPSA) is 50.1 Å². The maximum Gasteiger partial charge on any atom is 0.102 e. The van der Waals surface area contributed by atoms with Crippen LogP contribution < -0.4 is 5.32 Å². The first-order valence-corrected chi connectivity index (χ1v) is 7.99. The lowest BCUT2D eigenvalue weighted by molar-refractivity contribution is 0.0505. The highest BCUT2D eigenvalue weighted by Gasteiger charge is 2.35. The van der Waals surface area contributed by atoms with Crippen molar-refractivity contribution in [2.45, 2.75) is 57.1 Å². The molecule has 3 unspecified atom stereocenters. The molecule has 1 heterocycles. The molecule has 0 bridgehead atoms. The molecule has 112 valence electrons. The van der Waals surface area contributed by atoms with E-state index in [4.69, 9.17) is 0 Å². The summed E-state index contributed by atoms with van der Waals surface area (Å²) in [5.74, 6) is 1.95. The summed E-state index contributed by atoms with van der Waals surface area (Å²) in [5.41, 5.74) is 0.0582. The van der Waals surface area contributed by atoms with Gasteiger partial charge in [-0.05, 0) is 44.4 Å². The maximum absolute atomic E-state index is 10.6. The van der Waals surface area contributed by atoms with Gasteiger partial charge < -0.3 is 10.4 Å². The van der Waals surface area contributed by atoms with Crippen molar-refractivity contribution in [2.24, 2.45) is 18.9 Å². The Bertz CT molecular complexity index is 450. The molecule has 0 radical (unpaired) electrons. The Morgan fingerprint density at radius 2 is 2.15 bits per heavy atom. The van der Waals surface area contributed by atoms with Crippen LogP contribution in [0.4, 0.5) is 0 Å². The number of nitrogens with zero attached hydrogens (tertiary/aromatic N) is 2. The van der Waals surface area contributed by atoms with Crippen molar-refractivity contribution in [1.29, 1.82) is 0 Å². The molecule has 2 aliphatic rings. The van der Waals surface area contributed by atoms with Crippen LogP contribution >= 0.6 is 0 Å². The molecular formula is C16H27N3O. The average Bonchev–Trinajstić information content (AvgIpc) is 3.19. The first-order valence-electron chi connectivity index (χ1n) is 7.99. The first-order chi connectivity index (χ1) is 9.54. The highest BCUT2D eigenvalue weighted by atomic mass is 16.3. The number of rotatable bonds is 5. The van der Waals surface area contributed by atoms with Gasteiger partial charge in [0.1, 0.15) is 5.60 Å². The molecule has 0 saturated heterocycles. The van der Waals surface area contributed by atoms with Gasteiger partial charge in [0.25, 0.3) is 0 Å². The Morgan fingerprint density at radius 3 is 2.80 bits per heavy atom. The van der Waals surface area contributed by atoms with E-state index in [1.807, 2.05) is 20.2 Å². The number of aromatic nitrogens is 2. The Labute approximate surface area is 121 Å². The summed E-state index contributed by atoms with van der Waals surface area (Å²) in [5, 5.41) is 18.3. The Kier molecular flexibility index (Phi) is 3.87. The van der Waals surface area contributed by atoms with Gasteiger partial charge in [0.15, 0.2) is 0 Å². The molecular weight excluding hydrogens is 250 g/mol. The van der Waals surface area contributed by atoms with Crippen molar-refractivity contribution in [3.63, 3.8) is 0 Å². The lowest BCUT2D eigenvalue weighted by atomic mass is 9.82. The van der Waals surface area contributed by atoms with Crippen molar-refractivity contribution < 1.29 is 5.11 Å². The molecule has 2 fully saturated rings. The minimum absolute atomic E-state index is 0.581. The van der Waals surface area contributed by atoms with Crippen LogP contribution in [0.2, 0.25) is 0 Å². The first kappa shape index (κ1) is 14.1. The van der Waals surface area contributed by atoms with Gasteiger partial charge in [-0.3, -0.25) is 4.68 Å². The zero-order valence-corrected chi connectivity index (χ0v) is 12.7. The van der Waals surface area contributed by atoms with Crippen LogP contribution in [0.25, 0.3) is 0 Å². The van der Waals surface area contributed by atoms with Gasteiger partial charge in [0.05, 0.1) is 6.20 Å². The van der Waals surface area contributed by atoms with Crippen molar-refractivity contribution in [3.8, 4) is 0 Å². The zero-order valence-electron chi connectivity index (χ0n) is 12.7. The van der Waals surface area contributed by atoms with E-state index in [9.17, 15) is 5.11 Å². The van der Waals surface area contributed by atoms with Crippen molar-refractivity contribution in [3.05, 3.63) is 18.0 Å². The van der Waals surface area contributed by atoms with E-state index in [0.29, 0.717) is 12.6 Å². The van der Waals surface area contributed by atoms with E-state index >= 15 is 0 Å². The van der Waals surface area contributed by atoms with Crippen molar-refractivity contribution in [2.75, 3.05) is 6.54 Å². The van der Waals surface area contributed by atoms with Crippen LogP contribution in [-0.2, 0) is 12.6 Å². The Balaban J connectivity index is 1.52. The molecule has 0 aliphatic heterocycles. The summed E-state index contributed by atoms with van der Waals surface area (Å²) in [6.07, 6.45) is 11.9. The zero-order chi connectivity index (χ0) is 14.2. The van der Waals surface area contributed by atoms with Crippen LogP contribution in [0, 0.1) is 11.8 Å². The van der Waals surface area contributed by atoms with E-state index in [-0.39, 0.29) is 0 Å². The molecule has 2 aliphatic carbocycles. The molecule has 0 amide bonds. The number of aliphatic hydroxyl groups is 1. The molecule has 4 heteroatoms. The predicted molar refractivity (Wildman–Crippen MR) is 79.3 cm³/mol. The lowest BCUT2D eigenvalue weighted by Crippen LogP contribution is -2.42. The van der Waals surface area contributed by atoms with E-state index in [2.05, 4.69) is 10.4 Å². The number of hydrogen-bond donors (Lipinski definition) is 2. The standard InChI is InChI=1S/C16H27N3O/c1-16(20,14-9-18-19(2)10-14)11-17-15-5-3-4-13(8-15)12-6-7-12/h9-10,12-13,15,17,20H,3-8,11H2,1-2H3. The third kappa shape index (κ3) is 3.23. The maximum atomic E-state index is 10.6. The minimum atomic E-state index is -0.833. The summed E-state index contributed by atoms with van der Waals surface area (Å²) in [6.45, 7) is 2.49. The molecule has 1 aromatic rings. The second kappa shape index (κ2) is 5.49. The minimum Gasteiger partial charge on any atom is -0.384 e. The second-order valence-corrected chi connectivity index (χ2v) is 7.02. The molecule has 20 heavy (non-hydrogen) atoms. The largest absolute Gasteiger partial charge is 0.384 e.